The minimum absolute atomic E-state index is 0.279. The molecule has 0 aromatic heterocycles. The van der Waals surface area contributed by atoms with Crippen LogP contribution in [0.1, 0.15) is 41.0 Å². The molecule has 0 aromatic rings. The summed E-state index contributed by atoms with van der Waals surface area (Å²) in [6, 6.07) is 0. The van der Waals surface area contributed by atoms with Gasteiger partial charge in [-0.05, 0) is 46.2 Å². The maximum atomic E-state index is 11.7. The van der Waals surface area contributed by atoms with Crippen LogP contribution in [0, 0.1) is 5.92 Å². The summed E-state index contributed by atoms with van der Waals surface area (Å²) in [5, 5.41) is 3.24. The Morgan fingerprint density at radius 3 is 2.13 bits per heavy atom. The Labute approximate surface area is 94.6 Å². The van der Waals surface area contributed by atoms with Crippen molar-refractivity contribution < 1.29 is 8.42 Å². The maximum absolute atomic E-state index is 11.7. The normalized spacial score (nSPS) is 13.5. The molecule has 0 heterocycles. The molecule has 0 aliphatic heterocycles. The summed E-state index contributed by atoms with van der Waals surface area (Å²) in [6.45, 7) is 11.3. The smallest absolute Gasteiger partial charge is 0.155 e. The molecule has 0 saturated heterocycles. The Kier molecular flexibility index (Phi) is 5.81. The van der Waals surface area contributed by atoms with Crippen LogP contribution < -0.4 is 5.32 Å². The van der Waals surface area contributed by atoms with Crippen LogP contribution in [0.25, 0.3) is 0 Å². The summed E-state index contributed by atoms with van der Waals surface area (Å²) in [5.41, 5.74) is 0. The van der Waals surface area contributed by atoms with Crippen molar-refractivity contribution in [1.29, 1.82) is 0 Å². The standard InChI is InChI=1S/C11H25NO2S/c1-10(2)9-12-7-6-8-15(13,14)11(3,4)5/h10,12H,6-9H2,1-5H3. The molecular weight excluding hydrogens is 210 g/mol. The minimum Gasteiger partial charge on any atom is -0.316 e. The fourth-order valence-electron chi connectivity index (χ4n) is 1.08. The first-order chi connectivity index (χ1) is 6.67. The zero-order chi connectivity index (χ0) is 12.1. The van der Waals surface area contributed by atoms with Gasteiger partial charge in [0.1, 0.15) is 0 Å². The molecule has 0 rings (SSSR count). The van der Waals surface area contributed by atoms with E-state index < -0.39 is 14.6 Å². The van der Waals surface area contributed by atoms with Crippen LogP contribution in [0.2, 0.25) is 0 Å². The van der Waals surface area contributed by atoms with Crippen LogP contribution in [0.5, 0.6) is 0 Å². The highest BCUT2D eigenvalue weighted by Crippen LogP contribution is 2.16. The largest absolute Gasteiger partial charge is 0.316 e. The maximum Gasteiger partial charge on any atom is 0.155 e. The van der Waals surface area contributed by atoms with Crippen molar-refractivity contribution >= 4 is 9.84 Å². The van der Waals surface area contributed by atoms with Crippen LogP contribution in [0.4, 0.5) is 0 Å². The third-order valence-electron chi connectivity index (χ3n) is 2.25. The van der Waals surface area contributed by atoms with Gasteiger partial charge in [0.15, 0.2) is 9.84 Å². The summed E-state index contributed by atoms with van der Waals surface area (Å²) in [5.74, 6) is 0.894. The van der Waals surface area contributed by atoms with Gasteiger partial charge >= 0.3 is 0 Å². The van der Waals surface area contributed by atoms with E-state index in [0.29, 0.717) is 12.3 Å². The number of sulfone groups is 1. The van der Waals surface area contributed by atoms with Crippen molar-refractivity contribution in [2.24, 2.45) is 5.92 Å². The number of hydrogen-bond acceptors (Lipinski definition) is 3. The number of hydrogen-bond donors (Lipinski definition) is 1. The molecule has 4 heteroatoms. The molecule has 0 fully saturated rings. The average molecular weight is 235 g/mol. The quantitative estimate of drug-likeness (QED) is 0.715. The number of nitrogens with one attached hydrogen (secondary N) is 1. The summed E-state index contributed by atoms with van der Waals surface area (Å²) in [4.78, 5) is 0. The van der Waals surface area contributed by atoms with E-state index in [4.69, 9.17) is 0 Å². The van der Waals surface area contributed by atoms with Gasteiger partial charge in [0.2, 0.25) is 0 Å². The molecule has 0 radical (unpaired) electrons. The van der Waals surface area contributed by atoms with E-state index in [9.17, 15) is 8.42 Å². The first-order valence-electron chi connectivity index (χ1n) is 5.60. The van der Waals surface area contributed by atoms with E-state index in [-0.39, 0.29) is 5.75 Å². The van der Waals surface area contributed by atoms with E-state index in [1.54, 1.807) is 20.8 Å². The van der Waals surface area contributed by atoms with Crippen molar-refractivity contribution in [3.05, 3.63) is 0 Å². The van der Waals surface area contributed by atoms with E-state index in [2.05, 4.69) is 19.2 Å². The zero-order valence-corrected chi connectivity index (χ0v) is 11.4. The highest BCUT2D eigenvalue weighted by Gasteiger charge is 2.27. The second kappa shape index (κ2) is 5.85. The molecule has 0 aliphatic carbocycles. The van der Waals surface area contributed by atoms with Crippen molar-refractivity contribution in [3.8, 4) is 0 Å². The molecule has 0 aliphatic rings. The monoisotopic (exact) mass is 235 g/mol. The van der Waals surface area contributed by atoms with Crippen LogP contribution in [-0.2, 0) is 9.84 Å². The lowest BCUT2D eigenvalue weighted by atomic mass is 10.2. The molecule has 0 saturated carbocycles. The SMILES string of the molecule is CC(C)CNCCCS(=O)(=O)C(C)(C)C. The van der Waals surface area contributed by atoms with Crippen molar-refractivity contribution in [2.75, 3.05) is 18.8 Å². The molecule has 0 bridgehead atoms. The van der Waals surface area contributed by atoms with E-state index in [1.807, 2.05) is 0 Å². The minimum atomic E-state index is -2.94. The zero-order valence-electron chi connectivity index (χ0n) is 10.6. The molecule has 92 valence electrons. The van der Waals surface area contributed by atoms with Gasteiger partial charge in [-0.15, -0.1) is 0 Å². The van der Waals surface area contributed by atoms with Crippen LogP contribution >= 0.6 is 0 Å². The van der Waals surface area contributed by atoms with Crippen molar-refractivity contribution in [1.82, 2.24) is 5.32 Å². The van der Waals surface area contributed by atoms with Gasteiger partial charge in [-0.2, -0.15) is 0 Å². The Morgan fingerprint density at radius 2 is 1.73 bits per heavy atom. The predicted molar refractivity (Wildman–Crippen MR) is 65.9 cm³/mol. The van der Waals surface area contributed by atoms with Crippen molar-refractivity contribution in [2.45, 2.75) is 45.8 Å². The summed E-state index contributed by atoms with van der Waals surface area (Å²) < 4.78 is 22.8. The molecule has 0 spiro atoms. The summed E-state index contributed by atoms with van der Waals surface area (Å²) in [6.07, 6.45) is 0.701. The fourth-order valence-corrected chi connectivity index (χ4v) is 2.22. The molecule has 0 atom stereocenters. The molecule has 3 nitrogen and oxygen atoms in total. The average Bonchev–Trinajstić information content (AvgIpc) is 2.00. The van der Waals surface area contributed by atoms with E-state index in [1.165, 1.54) is 0 Å². The van der Waals surface area contributed by atoms with E-state index in [0.717, 1.165) is 13.1 Å². The molecule has 1 N–H and O–H groups in total. The molecular formula is C11H25NO2S. The van der Waals surface area contributed by atoms with Gasteiger partial charge in [-0.3, -0.25) is 0 Å². The Bertz CT molecular complexity index is 263. The summed E-state index contributed by atoms with van der Waals surface area (Å²) >= 11 is 0. The van der Waals surface area contributed by atoms with Crippen LogP contribution in [-0.4, -0.2) is 32.0 Å². The molecule has 0 amide bonds. The Morgan fingerprint density at radius 1 is 1.20 bits per heavy atom. The molecule has 15 heavy (non-hydrogen) atoms. The lowest BCUT2D eigenvalue weighted by Crippen LogP contribution is -2.32. The summed E-state index contributed by atoms with van der Waals surface area (Å²) in [7, 11) is -2.94. The first kappa shape index (κ1) is 14.9. The van der Waals surface area contributed by atoms with Gasteiger partial charge in [-0.1, -0.05) is 13.8 Å². The fraction of sp³-hybridized carbons (Fsp3) is 1.00. The first-order valence-corrected chi connectivity index (χ1v) is 7.25. The third kappa shape index (κ3) is 6.15. The Hall–Kier alpha value is -0.0900. The predicted octanol–water partition coefficient (Wildman–Crippen LogP) is 1.84. The molecule has 0 unspecified atom stereocenters. The highest BCUT2D eigenvalue weighted by atomic mass is 32.2. The van der Waals surface area contributed by atoms with Gasteiger partial charge in [0.05, 0.1) is 10.5 Å². The third-order valence-corrected chi connectivity index (χ3v) is 4.94. The van der Waals surface area contributed by atoms with Gasteiger partial charge < -0.3 is 5.32 Å². The number of rotatable bonds is 6. The van der Waals surface area contributed by atoms with E-state index >= 15 is 0 Å². The van der Waals surface area contributed by atoms with Crippen molar-refractivity contribution in [3.63, 3.8) is 0 Å². The van der Waals surface area contributed by atoms with Crippen LogP contribution in [0.15, 0.2) is 0 Å². The van der Waals surface area contributed by atoms with Gasteiger partial charge in [-0.25, -0.2) is 8.42 Å². The van der Waals surface area contributed by atoms with Crippen LogP contribution in [0.3, 0.4) is 0 Å². The second-order valence-corrected chi connectivity index (χ2v) is 8.25. The lowest BCUT2D eigenvalue weighted by molar-refractivity contribution is 0.538. The second-order valence-electron chi connectivity index (χ2n) is 5.38. The van der Waals surface area contributed by atoms with Gasteiger partial charge in [0.25, 0.3) is 0 Å². The topological polar surface area (TPSA) is 46.2 Å². The molecule has 0 aromatic carbocycles. The van der Waals surface area contributed by atoms with Gasteiger partial charge in [0, 0.05) is 0 Å². The highest BCUT2D eigenvalue weighted by molar-refractivity contribution is 7.92. The lowest BCUT2D eigenvalue weighted by Gasteiger charge is -2.19. The Balaban J connectivity index is 3.78.